The fourth-order valence-corrected chi connectivity index (χ4v) is 1.59. The number of carbonyl (C=O) groups is 2. The summed E-state index contributed by atoms with van der Waals surface area (Å²) < 4.78 is 12.9. The number of hydrogen-bond acceptors (Lipinski definition) is 3. The van der Waals surface area contributed by atoms with Crippen LogP contribution in [0.1, 0.15) is 36.5 Å². The first-order valence-electron chi connectivity index (χ1n) is 5.66. The van der Waals surface area contributed by atoms with E-state index in [1.54, 1.807) is 0 Å². The molecule has 0 aromatic carbocycles. The number of carboxylic acids is 1. The van der Waals surface area contributed by atoms with Crippen molar-refractivity contribution >= 4 is 11.9 Å². The number of carboxylic acid groups (broad SMARTS) is 1. The van der Waals surface area contributed by atoms with Crippen molar-refractivity contribution in [2.45, 2.75) is 32.2 Å². The van der Waals surface area contributed by atoms with Crippen molar-refractivity contribution in [3.05, 3.63) is 29.8 Å². The van der Waals surface area contributed by atoms with E-state index in [0.717, 1.165) is 18.7 Å². The fourth-order valence-electron chi connectivity index (χ4n) is 1.59. The number of pyridine rings is 1. The van der Waals surface area contributed by atoms with E-state index in [1.165, 1.54) is 6.20 Å². The van der Waals surface area contributed by atoms with Gasteiger partial charge in [-0.15, -0.1) is 0 Å². The molecule has 1 heterocycles. The van der Waals surface area contributed by atoms with E-state index >= 15 is 0 Å². The molecule has 0 spiro atoms. The molecular weight excluding hydrogens is 239 g/mol. The van der Waals surface area contributed by atoms with Crippen LogP contribution in [-0.4, -0.2) is 28.0 Å². The number of nitrogens with one attached hydrogen (secondary N) is 1. The minimum absolute atomic E-state index is 0.0847. The second-order valence-corrected chi connectivity index (χ2v) is 3.95. The van der Waals surface area contributed by atoms with Crippen LogP contribution in [0.15, 0.2) is 18.5 Å². The lowest BCUT2D eigenvalue weighted by Gasteiger charge is -2.15. The Morgan fingerprint density at radius 2 is 2.22 bits per heavy atom. The number of carbonyl (C=O) groups excluding carboxylic acids is 1. The van der Waals surface area contributed by atoms with Crippen molar-refractivity contribution in [2.24, 2.45) is 0 Å². The minimum Gasteiger partial charge on any atom is -0.481 e. The van der Waals surface area contributed by atoms with Crippen molar-refractivity contribution in [1.29, 1.82) is 0 Å². The van der Waals surface area contributed by atoms with Crippen LogP contribution in [0.3, 0.4) is 0 Å². The summed E-state index contributed by atoms with van der Waals surface area (Å²) in [6, 6.07) is 0.606. The predicted molar refractivity (Wildman–Crippen MR) is 62.6 cm³/mol. The SMILES string of the molecule is CCC[C@H](CC(=O)O)NC(=O)c1cncc(F)c1. The zero-order chi connectivity index (χ0) is 13.5. The van der Waals surface area contributed by atoms with Crippen LogP contribution in [0, 0.1) is 5.82 Å². The second-order valence-electron chi connectivity index (χ2n) is 3.95. The van der Waals surface area contributed by atoms with E-state index in [-0.39, 0.29) is 12.0 Å². The molecule has 0 aliphatic heterocycles. The third kappa shape index (κ3) is 4.48. The number of nitrogens with zero attached hydrogens (tertiary/aromatic N) is 1. The van der Waals surface area contributed by atoms with E-state index in [0.29, 0.717) is 6.42 Å². The Bertz CT molecular complexity index is 437. The van der Waals surface area contributed by atoms with Crippen LogP contribution >= 0.6 is 0 Å². The summed E-state index contributed by atoms with van der Waals surface area (Å²) in [6.07, 6.45) is 3.39. The summed E-state index contributed by atoms with van der Waals surface area (Å²) in [5.41, 5.74) is 0.0847. The van der Waals surface area contributed by atoms with Crippen molar-refractivity contribution in [3.8, 4) is 0 Å². The molecule has 0 bridgehead atoms. The molecule has 6 heteroatoms. The summed E-state index contributed by atoms with van der Waals surface area (Å²) in [4.78, 5) is 26.0. The number of halogens is 1. The highest BCUT2D eigenvalue weighted by Gasteiger charge is 2.16. The van der Waals surface area contributed by atoms with Gasteiger partial charge in [-0.1, -0.05) is 13.3 Å². The predicted octanol–water partition coefficient (Wildman–Crippen LogP) is 1.59. The van der Waals surface area contributed by atoms with E-state index in [4.69, 9.17) is 5.11 Å². The molecule has 0 radical (unpaired) electrons. The van der Waals surface area contributed by atoms with E-state index < -0.39 is 23.7 Å². The van der Waals surface area contributed by atoms with Gasteiger partial charge >= 0.3 is 5.97 Å². The average molecular weight is 254 g/mol. The lowest BCUT2D eigenvalue weighted by Crippen LogP contribution is -2.36. The molecule has 1 rings (SSSR count). The zero-order valence-electron chi connectivity index (χ0n) is 10.0. The number of aromatic nitrogens is 1. The van der Waals surface area contributed by atoms with E-state index in [9.17, 15) is 14.0 Å². The van der Waals surface area contributed by atoms with Gasteiger partial charge in [-0.05, 0) is 12.5 Å². The fraction of sp³-hybridized carbons (Fsp3) is 0.417. The molecular formula is C12H15FN2O3. The van der Waals surface area contributed by atoms with Gasteiger partial charge in [0, 0.05) is 12.2 Å². The van der Waals surface area contributed by atoms with Crippen LogP contribution in [0.25, 0.3) is 0 Å². The molecule has 0 saturated heterocycles. The van der Waals surface area contributed by atoms with Crippen LogP contribution < -0.4 is 5.32 Å². The molecule has 1 aromatic heterocycles. The first kappa shape index (κ1) is 14.1. The third-order valence-electron chi connectivity index (χ3n) is 2.36. The Kier molecular flexibility index (Phi) is 5.23. The summed E-state index contributed by atoms with van der Waals surface area (Å²) >= 11 is 0. The number of hydrogen-bond donors (Lipinski definition) is 2. The standard InChI is InChI=1S/C12H15FN2O3/c1-2-3-10(5-11(16)17)15-12(18)8-4-9(13)7-14-6-8/h4,6-7,10H,2-3,5H2,1H3,(H,15,18)(H,16,17)/t10-/m1/s1. The summed E-state index contributed by atoms with van der Waals surface area (Å²) in [5, 5.41) is 11.3. The van der Waals surface area contributed by atoms with Gasteiger partial charge in [0.05, 0.1) is 18.2 Å². The summed E-state index contributed by atoms with van der Waals surface area (Å²) in [5.74, 6) is -2.10. The summed E-state index contributed by atoms with van der Waals surface area (Å²) in [7, 11) is 0. The zero-order valence-corrected chi connectivity index (χ0v) is 10.0. The molecule has 0 unspecified atom stereocenters. The Balaban J connectivity index is 2.68. The Labute approximate surface area is 104 Å². The summed E-state index contributed by atoms with van der Waals surface area (Å²) in [6.45, 7) is 1.89. The van der Waals surface area contributed by atoms with Crippen LogP contribution in [0.5, 0.6) is 0 Å². The normalized spacial score (nSPS) is 11.9. The maximum absolute atomic E-state index is 12.9. The number of aliphatic carboxylic acids is 1. The van der Waals surface area contributed by atoms with Gasteiger partial charge in [-0.25, -0.2) is 4.39 Å². The lowest BCUT2D eigenvalue weighted by molar-refractivity contribution is -0.137. The highest BCUT2D eigenvalue weighted by Crippen LogP contribution is 2.05. The second kappa shape index (κ2) is 6.68. The average Bonchev–Trinajstić information content (AvgIpc) is 2.28. The Morgan fingerprint density at radius 1 is 1.50 bits per heavy atom. The molecule has 0 fully saturated rings. The molecule has 2 N–H and O–H groups in total. The van der Waals surface area contributed by atoms with Gasteiger partial charge in [0.15, 0.2) is 0 Å². The molecule has 1 amide bonds. The third-order valence-corrected chi connectivity index (χ3v) is 2.36. The first-order chi connectivity index (χ1) is 8.52. The van der Waals surface area contributed by atoms with Crippen molar-refractivity contribution in [1.82, 2.24) is 10.3 Å². The molecule has 0 aliphatic rings. The topological polar surface area (TPSA) is 79.3 Å². The largest absolute Gasteiger partial charge is 0.481 e. The van der Waals surface area contributed by atoms with Crippen LogP contribution in [0.4, 0.5) is 4.39 Å². The molecule has 1 aromatic rings. The molecule has 18 heavy (non-hydrogen) atoms. The molecule has 0 saturated carbocycles. The highest BCUT2D eigenvalue weighted by atomic mass is 19.1. The minimum atomic E-state index is -0.980. The van der Waals surface area contributed by atoms with E-state index in [1.807, 2.05) is 6.92 Å². The smallest absolute Gasteiger partial charge is 0.305 e. The van der Waals surface area contributed by atoms with Gasteiger partial charge in [0.2, 0.25) is 0 Å². The number of rotatable bonds is 6. The highest BCUT2D eigenvalue weighted by molar-refractivity contribution is 5.94. The molecule has 0 aliphatic carbocycles. The maximum atomic E-state index is 12.9. The van der Waals surface area contributed by atoms with Gasteiger partial charge in [0.1, 0.15) is 5.82 Å². The van der Waals surface area contributed by atoms with Gasteiger partial charge in [-0.2, -0.15) is 0 Å². The molecule has 1 atom stereocenters. The monoisotopic (exact) mass is 254 g/mol. The molecule has 98 valence electrons. The van der Waals surface area contributed by atoms with Gasteiger partial charge in [0.25, 0.3) is 5.91 Å². The first-order valence-corrected chi connectivity index (χ1v) is 5.66. The van der Waals surface area contributed by atoms with Crippen molar-refractivity contribution in [3.63, 3.8) is 0 Å². The molecule has 5 nitrogen and oxygen atoms in total. The maximum Gasteiger partial charge on any atom is 0.305 e. The van der Waals surface area contributed by atoms with Crippen molar-refractivity contribution in [2.75, 3.05) is 0 Å². The van der Waals surface area contributed by atoms with Gasteiger partial charge in [-0.3, -0.25) is 14.6 Å². The van der Waals surface area contributed by atoms with E-state index in [2.05, 4.69) is 10.3 Å². The Morgan fingerprint density at radius 3 is 2.78 bits per heavy atom. The van der Waals surface area contributed by atoms with Crippen molar-refractivity contribution < 1.29 is 19.1 Å². The number of amides is 1. The van der Waals surface area contributed by atoms with Crippen LogP contribution in [-0.2, 0) is 4.79 Å². The lowest BCUT2D eigenvalue weighted by atomic mass is 10.1. The van der Waals surface area contributed by atoms with Crippen LogP contribution in [0.2, 0.25) is 0 Å². The van der Waals surface area contributed by atoms with Gasteiger partial charge < -0.3 is 10.4 Å². The Hall–Kier alpha value is -1.98. The quantitative estimate of drug-likeness (QED) is 0.808.